The van der Waals surface area contributed by atoms with Crippen molar-refractivity contribution in [1.82, 2.24) is 15.2 Å². The Bertz CT molecular complexity index is 986. The van der Waals surface area contributed by atoms with Crippen molar-refractivity contribution >= 4 is 39.5 Å². The first-order chi connectivity index (χ1) is 12.7. The summed E-state index contributed by atoms with van der Waals surface area (Å²) < 4.78 is 0.569. The van der Waals surface area contributed by atoms with Gasteiger partial charge < -0.3 is 15.6 Å². The number of anilines is 1. The summed E-state index contributed by atoms with van der Waals surface area (Å²) in [5, 5.41) is 5.04. The van der Waals surface area contributed by atoms with Crippen LogP contribution in [0.1, 0.15) is 18.1 Å². The van der Waals surface area contributed by atoms with E-state index in [0.29, 0.717) is 10.0 Å². The quantitative estimate of drug-likeness (QED) is 0.639. The van der Waals surface area contributed by atoms with E-state index in [1.807, 2.05) is 19.1 Å². The standard InChI is InChI=1S/C18H17BrN4O4/c1-10-3-5-11(6-4-10)18(2)16(26)23(17(27)22-18)9-14(24)21-13-7-12(19)8-20-15(13)25/h3-8H,9H2,1-2H3,(H,20,25)(H,21,24)(H,22,27). The van der Waals surface area contributed by atoms with Gasteiger partial charge in [0.2, 0.25) is 5.91 Å². The lowest BCUT2D eigenvalue weighted by atomic mass is 9.91. The molecule has 27 heavy (non-hydrogen) atoms. The number of amides is 4. The van der Waals surface area contributed by atoms with Gasteiger partial charge in [0.25, 0.3) is 11.5 Å². The van der Waals surface area contributed by atoms with Crippen molar-refractivity contribution in [3.05, 3.63) is 62.5 Å². The number of H-pyrrole nitrogens is 1. The van der Waals surface area contributed by atoms with Crippen LogP contribution in [0.3, 0.4) is 0 Å². The molecule has 1 aliphatic heterocycles. The van der Waals surface area contributed by atoms with Gasteiger partial charge in [-0.1, -0.05) is 29.8 Å². The number of nitrogens with zero attached hydrogens (tertiary/aromatic N) is 1. The molecule has 4 amide bonds. The normalized spacial score (nSPS) is 19.1. The number of halogens is 1. The van der Waals surface area contributed by atoms with Gasteiger partial charge in [0.1, 0.15) is 17.8 Å². The third kappa shape index (κ3) is 3.63. The average Bonchev–Trinajstić information content (AvgIpc) is 2.83. The molecule has 1 aromatic heterocycles. The number of hydrogen-bond donors (Lipinski definition) is 3. The summed E-state index contributed by atoms with van der Waals surface area (Å²) in [5.41, 5.74) is -0.0819. The summed E-state index contributed by atoms with van der Waals surface area (Å²) in [5.74, 6) is -1.19. The second-order valence-electron chi connectivity index (χ2n) is 6.42. The summed E-state index contributed by atoms with van der Waals surface area (Å²) in [6, 6.07) is 7.97. The molecular formula is C18H17BrN4O4. The Morgan fingerprint density at radius 2 is 1.89 bits per heavy atom. The van der Waals surface area contributed by atoms with E-state index < -0.39 is 35.5 Å². The van der Waals surface area contributed by atoms with Crippen molar-refractivity contribution < 1.29 is 14.4 Å². The Balaban J connectivity index is 1.77. The molecule has 1 fully saturated rings. The maximum Gasteiger partial charge on any atom is 0.325 e. The summed E-state index contributed by atoms with van der Waals surface area (Å²) in [6.45, 7) is 3.01. The van der Waals surface area contributed by atoms with Gasteiger partial charge in [-0.15, -0.1) is 0 Å². The highest BCUT2D eigenvalue weighted by Crippen LogP contribution is 2.28. The molecule has 140 valence electrons. The molecule has 1 aliphatic rings. The number of hydrogen-bond acceptors (Lipinski definition) is 4. The monoisotopic (exact) mass is 432 g/mol. The SMILES string of the molecule is Cc1ccc(C2(C)NC(=O)N(CC(=O)Nc3cc(Br)c[nH]c3=O)C2=O)cc1. The van der Waals surface area contributed by atoms with E-state index >= 15 is 0 Å². The van der Waals surface area contributed by atoms with Crippen LogP contribution in [0.4, 0.5) is 10.5 Å². The number of aryl methyl sites for hydroxylation is 1. The number of benzene rings is 1. The van der Waals surface area contributed by atoms with Gasteiger partial charge in [-0.25, -0.2) is 4.79 Å². The number of rotatable bonds is 4. The van der Waals surface area contributed by atoms with Crippen LogP contribution in [0.5, 0.6) is 0 Å². The van der Waals surface area contributed by atoms with Gasteiger partial charge >= 0.3 is 6.03 Å². The second kappa shape index (κ2) is 6.99. The lowest BCUT2D eigenvalue weighted by molar-refractivity contribution is -0.133. The molecule has 0 bridgehead atoms. The third-order valence-electron chi connectivity index (χ3n) is 4.35. The molecule has 0 aliphatic carbocycles. The van der Waals surface area contributed by atoms with E-state index in [1.54, 1.807) is 19.1 Å². The Morgan fingerprint density at radius 3 is 2.56 bits per heavy atom. The van der Waals surface area contributed by atoms with Crippen LogP contribution in [-0.4, -0.2) is 34.3 Å². The van der Waals surface area contributed by atoms with E-state index in [9.17, 15) is 19.2 Å². The summed E-state index contributed by atoms with van der Waals surface area (Å²) in [4.78, 5) is 52.4. The lowest BCUT2D eigenvalue weighted by Gasteiger charge is -2.22. The van der Waals surface area contributed by atoms with Crippen LogP contribution < -0.4 is 16.2 Å². The number of aromatic nitrogens is 1. The van der Waals surface area contributed by atoms with Gasteiger partial charge in [-0.05, 0) is 41.4 Å². The topological polar surface area (TPSA) is 111 Å². The first-order valence-electron chi connectivity index (χ1n) is 8.10. The minimum Gasteiger partial charge on any atom is -0.326 e. The first-order valence-corrected chi connectivity index (χ1v) is 8.89. The van der Waals surface area contributed by atoms with E-state index in [0.717, 1.165) is 10.5 Å². The number of carbonyl (C=O) groups is 3. The third-order valence-corrected chi connectivity index (χ3v) is 4.81. The van der Waals surface area contributed by atoms with Gasteiger partial charge in [-0.3, -0.25) is 19.3 Å². The molecule has 1 saturated heterocycles. The van der Waals surface area contributed by atoms with Gasteiger partial charge in [0, 0.05) is 10.7 Å². The second-order valence-corrected chi connectivity index (χ2v) is 7.34. The average molecular weight is 433 g/mol. The van der Waals surface area contributed by atoms with Crippen molar-refractivity contribution in [2.75, 3.05) is 11.9 Å². The van der Waals surface area contributed by atoms with E-state index in [-0.39, 0.29) is 5.69 Å². The predicted molar refractivity (Wildman–Crippen MR) is 102 cm³/mol. The molecule has 0 saturated carbocycles. The molecule has 0 radical (unpaired) electrons. The van der Waals surface area contributed by atoms with Crippen molar-refractivity contribution in [3.63, 3.8) is 0 Å². The molecule has 9 heteroatoms. The Hall–Kier alpha value is -2.94. The Kier molecular flexibility index (Phi) is 4.88. The molecule has 0 spiro atoms. The minimum absolute atomic E-state index is 0.0164. The predicted octanol–water partition coefficient (Wildman–Crippen LogP) is 1.85. The zero-order valence-electron chi connectivity index (χ0n) is 14.6. The van der Waals surface area contributed by atoms with Crippen LogP contribution in [0.15, 0.2) is 45.8 Å². The molecule has 1 atom stereocenters. The van der Waals surface area contributed by atoms with Gasteiger partial charge in [-0.2, -0.15) is 0 Å². The highest BCUT2D eigenvalue weighted by Gasteiger charge is 2.49. The highest BCUT2D eigenvalue weighted by atomic mass is 79.9. The minimum atomic E-state index is -1.25. The van der Waals surface area contributed by atoms with Crippen LogP contribution in [-0.2, 0) is 15.1 Å². The van der Waals surface area contributed by atoms with Crippen LogP contribution in [0, 0.1) is 6.92 Å². The Morgan fingerprint density at radius 1 is 1.22 bits per heavy atom. The molecule has 3 rings (SSSR count). The fourth-order valence-electron chi connectivity index (χ4n) is 2.81. The first kappa shape index (κ1) is 18.8. The maximum atomic E-state index is 12.8. The fourth-order valence-corrected chi connectivity index (χ4v) is 3.15. The number of aromatic amines is 1. The van der Waals surface area contributed by atoms with E-state index in [2.05, 4.69) is 31.5 Å². The number of nitrogens with one attached hydrogen (secondary N) is 3. The smallest absolute Gasteiger partial charge is 0.325 e. The highest BCUT2D eigenvalue weighted by molar-refractivity contribution is 9.10. The van der Waals surface area contributed by atoms with Gasteiger partial charge in [0.15, 0.2) is 0 Å². The Labute approximate surface area is 163 Å². The largest absolute Gasteiger partial charge is 0.326 e. The molecule has 2 aromatic rings. The summed E-state index contributed by atoms with van der Waals surface area (Å²) >= 11 is 3.19. The van der Waals surface area contributed by atoms with E-state index in [4.69, 9.17) is 0 Å². The molecule has 1 unspecified atom stereocenters. The molecule has 2 heterocycles. The van der Waals surface area contributed by atoms with Gasteiger partial charge in [0.05, 0.1) is 0 Å². The summed E-state index contributed by atoms with van der Waals surface area (Å²) in [6.07, 6.45) is 1.43. The van der Waals surface area contributed by atoms with Crippen molar-refractivity contribution in [2.45, 2.75) is 19.4 Å². The molecular weight excluding hydrogens is 416 g/mol. The van der Waals surface area contributed by atoms with Crippen molar-refractivity contribution in [3.8, 4) is 0 Å². The van der Waals surface area contributed by atoms with Crippen molar-refractivity contribution in [2.24, 2.45) is 0 Å². The number of carbonyl (C=O) groups excluding carboxylic acids is 3. The number of urea groups is 1. The molecule has 1 aromatic carbocycles. The zero-order chi connectivity index (χ0) is 19.8. The summed E-state index contributed by atoms with van der Waals surface area (Å²) in [7, 11) is 0. The molecule has 8 nitrogen and oxygen atoms in total. The van der Waals surface area contributed by atoms with Crippen molar-refractivity contribution in [1.29, 1.82) is 0 Å². The number of pyridine rings is 1. The van der Waals surface area contributed by atoms with Crippen LogP contribution >= 0.6 is 15.9 Å². The fraction of sp³-hybridized carbons (Fsp3) is 0.222. The maximum absolute atomic E-state index is 12.8. The number of imide groups is 1. The molecule has 3 N–H and O–H groups in total. The van der Waals surface area contributed by atoms with E-state index in [1.165, 1.54) is 12.3 Å². The van der Waals surface area contributed by atoms with Crippen LogP contribution in [0.25, 0.3) is 0 Å². The lowest BCUT2D eigenvalue weighted by Crippen LogP contribution is -2.42. The van der Waals surface area contributed by atoms with Crippen LogP contribution in [0.2, 0.25) is 0 Å². The zero-order valence-corrected chi connectivity index (χ0v) is 16.2.